The molecule has 6 heteroatoms. The van der Waals surface area contributed by atoms with Crippen molar-refractivity contribution in [1.82, 2.24) is 4.98 Å². The monoisotopic (exact) mass is 224 g/mol. The molecule has 0 aliphatic carbocycles. The molecule has 1 aromatic rings. The van der Waals surface area contributed by atoms with Gasteiger partial charge in [0.05, 0.1) is 17.1 Å². The van der Waals surface area contributed by atoms with E-state index in [9.17, 15) is 10.1 Å². The van der Waals surface area contributed by atoms with Gasteiger partial charge < -0.3 is 10.6 Å². The number of hydrogen-bond acceptors (Lipinski definition) is 5. The van der Waals surface area contributed by atoms with Gasteiger partial charge in [-0.05, 0) is 20.8 Å². The highest BCUT2D eigenvalue weighted by atomic mass is 16.6. The second-order valence-corrected chi connectivity index (χ2v) is 4.48. The topological polar surface area (TPSA) is 80.1 Å². The molecule has 0 saturated heterocycles. The van der Waals surface area contributed by atoms with Crippen molar-refractivity contribution >= 4 is 17.3 Å². The third-order valence-corrected chi connectivity index (χ3v) is 1.78. The Balaban J connectivity index is 3.09. The molecule has 0 spiro atoms. The summed E-state index contributed by atoms with van der Waals surface area (Å²) >= 11 is 0. The summed E-state index contributed by atoms with van der Waals surface area (Å²) in [6.07, 6.45) is 0. The Labute approximate surface area is 94.2 Å². The first-order valence-corrected chi connectivity index (χ1v) is 4.94. The van der Waals surface area contributed by atoms with Crippen LogP contribution < -0.4 is 10.6 Å². The molecule has 0 atom stereocenters. The highest BCUT2D eigenvalue weighted by molar-refractivity contribution is 5.55. The van der Waals surface area contributed by atoms with Gasteiger partial charge in [0.1, 0.15) is 11.6 Å². The van der Waals surface area contributed by atoms with E-state index in [1.807, 2.05) is 20.8 Å². The molecular weight excluding hydrogens is 208 g/mol. The Bertz CT molecular complexity index is 398. The van der Waals surface area contributed by atoms with Crippen molar-refractivity contribution in [2.45, 2.75) is 26.3 Å². The van der Waals surface area contributed by atoms with E-state index in [1.54, 1.807) is 7.05 Å². The van der Waals surface area contributed by atoms with Crippen molar-refractivity contribution in [3.63, 3.8) is 0 Å². The van der Waals surface area contributed by atoms with Gasteiger partial charge >= 0.3 is 0 Å². The molecule has 0 bridgehead atoms. The molecule has 0 radical (unpaired) electrons. The van der Waals surface area contributed by atoms with Crippen LogP contribution in [0.1, 0.15) is 20.8 Å². The normalized spacial score (nSPS) is 11.0. The molecule has 0 aliphatic rings. The smallest absolute Gasteiger partial charge is 0.276 e. The predicted molar refractivity (Wildman–Crippen MR) is 63.8 cm³/mol. The van der Waals surface area contributed by atoms with Crippen LogP contribution in [0.25, 0.3) is 0 Å². The van der Waals surface area contributed by atoms with E-state index in [2.05, 4.69) is 15.6 Å². The summed E-state index contributed by atoms with van der Waals surface area (Å²) in [7, 11) is 1.67. The number of anilines is 2. The fourth-order valence-electron chi connectivity index (χ4n) is 1.20. The van der Waals surface area contributed by atoms with Crippen molar-refractivity contribution < 1.29 is 4.92 Å². The van der Waals surface area contributed by atoms with Crippen LogP contribution >= 0.6 is 0 Å². The highest BCUT2D eigenvalue weighted by Crippen LogP contribution is 2.22. The van der Waals surface area contributed by atoms with Crippen LogP contribution in [0, 0.1) is 10.1 Å². The van der Waals surface area contributed by atoms with Crippen LogP contribution in [-0.2, 0) is 0 Å². The van der Waals surface area contributed by atoms with Crippen molar-refractivity contribution in [1.29, 1.82) is 0 Å². The molecule has 2 N–H and O–H groups in total. The van der Waals surface area contributed by atoms with Crippen LogP contribution in [0.2, 0.25) is 0 Å². The minimum atomic E-state index is -0.434. The van der Waals surface area contributed by atoms with E-state index >= 15 is 0 Å². The SMILES string of the molecule is CNc1cc([N+](=O)[O-])cc(NC(C)(C)C)n1. The van der Waals surface area contributed by atoms with Gasteiger partial charge in [0.2, 0.25) is 0 Å². The standard InChI is InChI=1S/C10H16N4O2/c1-10(2,3)13-9-6-7(14(15)16)5-8(11-4)12-9/h5-6H,1-4H3,(H2,11,12,13). The molecule has 16 heavy (non-hydrogen) atoms. The van der Waals surface area contributed by atoms with Gasteiger partial charge in [-0.2, -0.15) is 0 Å². The van der Waals surface area contributed by atoms with Crippen LogP contribution in [0.4, 0.5) is 17.3 Å². The summed E-state index contributed by atoms with van der Waals surface area (Å²) in [5.41, 5.74) is -0.168. The second kappa shape index (κ2) is 4.34. The molecule has 6 nitrogen and oxygen atoms in total. The Morgan fingerprint density at radius 1 is 1.31 bits per heavy atom. The molecule has 0 amide bonds. The molecule has 0 saturated carbocycles. The van der Waals surface area contributed by atoms with Crippen LogP contribution in [-0.4, -0.2) is 22.5 Å². The third kappa shape index (κ3) is 3.38. The molecule has 0 fully saturated rings. The number of rotatable bonds is 3. The summed E-state index contributed by atoms with van der Waals surface area (Å²) in [6.45, 7) is 5.89. The number of nitrogens with one attached hydrogen (secondary N) is 2. The first-order valence-electron chi connectivity index (χ1n) is 4.94. The summed E-state index contributed by atoms with van der Waals surface area (Å²) < 4.78 is 0. The van der Waals surface area contributed by atoms with Crippen LogP contribution in [0.3, 0.4) is 0 Å². The minimum absolute atomic E-state index is 0.0195. The van der Waals surface area contributed by atoms with Crippen molar-refractivity contribution in [3.05, 3.63) is 22.2 Å². The minimum Gasteiger partial charge on any atom is -0.373 e. The Hall–Kier alpha value is -1.85. The van der Waals surface area contributed by atoms with Gasteiger partial charge in [-0.3, -0.25) is 10.1 Å². The third-order valence-electron chi connectivity index (χ3n) is 1.78. The summed E-state index contributed by atoms with van der Waals surface area (Å²) in [5.74, 6) is 0.965. The predicted octanol–water partition coefficient (Wildman–Crippen LogP) is 2.24. The van der Waals surface area contributed by atoms with Gasteiger partial charge in [-0.25, -0.2) is 4.98 Å². The summed E-state index contributed by atoms with van der Waals surface area (Å²) in [4.78, 5) is 14.5. The van der Waals surface area contributed by atoms with Gasteiger partial charge in [0, 0.05) is 12.6 Å². The summed E-state index contributed by atoms with van der Waals surface area (Å²) in [5, 5.41) is 16.6. The maximum absolute atomic E-state index is 10.7. The van der Waals surface area contributed by atoms with E-state index in [0.717, 1.165) is 0 Å². The zero-order valence-corrected chi connectivity index (χ0v) is 9.87. The first-order chi connectivity index (χ1) is 7.31. The first kappa shape index (κ1) is 12.2. The zero-order chi connectivity index (χ0) is 12.3. The lowest BCUT2D eigenvalue weighted by molar-refractivity contribution is -0.384. The lowest BCUT2D eigenvalue weighted by atomic mass is 10.1. The van der Waals surface area contributed by atoms with E-state index in [4.69, 9.17) is 0 Å². The quantitative estimate of drug-likeness (QED) is 0.608. The average Bonchev–Trinajstić information content (AvgIpc) is 2.14. The lowest BCUT2D eigenvalue weighted by Crippen LogP contribution is -2.26. The van der Waals surface area contributed by atoms with Crippen molar-refractivity contribution in [2.75, 3.05) is 17.7 Å². The Morgan fingerprint density at radius 2 is 1.88 bits per heavy atom. The molecule has 0 aromatic carbocycles. The van der Waals surface area contributed by atoms with Crippen LogP contribution in [0.15, 0.2) is 12.1 Å². The van der Waals surface area contributed by atoms with Gasteiger partial charge in [0.25, 0.3) is 5.69 Å². The van der Waals surface area contributed by atoms with Gasteiger partial charge in [-0.1, -0.05) is 0 Å². The van der Waals surface area contributed by atoms with E-state index in [-0.39, 0.29) is 11.2 Å². The molecule has 1 rings (SSSR count). The fraction of sp³-hybridized carbons (Fsp3) is 0.500. The van der Waals surface area contributed by atoms with E-state index in [1.165, 1.54) is 12.1 Å². The maximum Gasteiger partial charge on any atom is 0.276 e. The molecule has 1 heterocycles. The van der Waals surface area contributed by atoms with Crippen molar-refractivity contribution in [2.24, 2.45) is 0 Å². The lowest BCUT2D eigenvalue weighted by Gasteiger charge is -2.21. The molecule has 0 aliphatic heterocycles. The Morgan fingerprint density at radius 3 is 2.31 bits per heavy atom. The number of pyridine rings is 1. The molecule has 0 unspecified atom stereocenters. The van der Waals surface area contributed by atoms with E-state index < -0.39 is 4.92 Å². The maximum atomic E-state index is 10.7. The Kier molecular flexibility index (Phi) is 3.31. The summed E-state index contributed by atoms with van der Waals surface area (Å²) in [6, 6.07) is 2.82. The fourth-order valence-corrected chi connectivity index (χ4v) is 1.20. The van der Waals surface area contributed by atoms with Crippen molar-refractivity contribution in [3.8, 4) is 0 Å². The second-order valence-electron chi connectivity index (χ2n) is 4.48. The molecule has 1 aromatic heterocycles. The largest absolute Gasteiger partial charge is 0.373 e. The van der Waals surface area contributed by atoms with Gasteiger partial charge in [-0.15, -0.1) is 0 Å². The van der Waals surface area contributed by atoms with Gasteiger partial charge in [0.15, 0.2) is 0 Å². The number of nitrogens with zero attached hydrogens (tertiary/aromatic N) is 2. The average molecular weight is 224 g/mol. The number of hydrogen-bond donors (Lipinski definition) is 2. The molecule has 88 valence electrons. The van der Waals surface area contributed by atoms with Crippen LogP contribution in [0.5, 0.6) is 0 Å². The van der Waals surface area contributed by atoms with E-state index in [0.29, 0.717) is 11.6 Å². The number of nitro groups is 1. The number of aromatic nitrogens is 1. The zero-order valence-electron chi connectivity index (χ0n) is 9.87. The highest BCUT2D eigenvalue weighted by Gasteiger charge is 2.15. The molecular formula is C10H16N4O2.